The highest BCUT2D eigenvalue weighted by Crippen LogP contribution is 2.22. The van der Waals surface area contributed by atoms with Gasteiger partial charge in [-0.15, -0.1) is 0 Å². The number of aliphatic hydroxyl groups excluding tert-OH is 1. The molecular weight excluding hydrogens is 869 g/mol. The summed E-state index contributed by atoms with van der Waals surface area (Å²) in [4.78, 5) is 42.7. The van der Waals surface area contributed by atoms with E-state index < -0.39 is 6.10 Å². The summed E-state index contributed by atoms with van der Waals surface area (Å²) in [5, 5.41) is 10.5. The van der Waals surface area contributed by atoms with Crippen molar-refractivity contribution in [3.8, 4) is 0 Å². The van der Waals surface area contributed by atoms with E-state index in [-0.39, 0.29) is 17.8 Å². The monoisotopic (exact) mass is 991 g/mol. The van der Waals surface area contributed by atoms with Gasteiger partial charge in [-0.05, 0) is 102 Å². The van der Waals surface area contributed by atoms with Crippen LogP contribution in [0.4, 0.5) is 0 Å². The van der Waals surface area contributed by atoms with E-state index in [2.05, 4.69) is 39.5 Å². The van der Waals surface area contributed by atoms with E-state index in [4.69, 9.17) is 9.47 Å². The number of likely N-dealkylation sites (N-methyl/N-ethyl adjacent to an activating group) is 1. The van der Waals surface area contributed by atoms with Crippen molar-refractivity contribution in [1.82, 2.24) is 9.80 Å². The second kappa shape index (κ2) is 53.6. The summed E-state index contributed by atoms with van der Waals surface area (Å²) >= 11 is 0. The van der Waals surface area contributed by atoms with Crippen molar-refractivity contribution >= 4 is 17.8 Å². The Bertz CT molecular complexity index is 1060. The molecule has 0 aliphatic rings. The van der Waals surface area contributed by atoms with Gasteiger partial charge in [-0.1, -0.05) is 227 Å². The van der Waals surface area contributed by atoms with E-state index in [1.54, 1.807) is 4.90 Å². The number of unbranched alkanes of at least 4 members (excludes halogenated alkanes) is 28. The molecule has 0 radical (unpaired) electrons. The Labute approximate surface area is 436 Å². The van der Waals surface area contributed by atoms with Gasteiger partial charge in [0, 0.05) is 32.9 Å². The van der Waals surface area contributed by atoms with Crippen LogP contribution >= 0.6 is 0 Å². The number of aliphatic hydroxyl groups is 1. The molecule has 0 heterocycles. The minimum atomic E-state index is -0.437. The van der Waals surface area contributed by atoms with Gasteiger partial charge in [0.25, 0.3) is 0 Å². The Morgan fingerprint density at radius 3 is 1.04 bits per heavy atom. The Balaban J connectivity index is 4.79. The predicted octanol–water partition coefficient (Wildman–Crippen LogP) is 17.7. The van der Waals surface area contributed by atoms with Crippen molar-refractivity contribution in [2.45, 2.75) is 323 Å². The van der Waals surface area contributed by atoms with Crippen LogP contribution < -0.4 is 0 Å². The van der Waals surface area contributed by atoms with Gasteiger partial charge in [-0.25, -0.2) is 0 Å². The van der Waals surface area contributed by atoms with Gasteiger partial charge < -0.3 is 24.4 Å². The highest BCUT2D eigenvalue weighted by molar-refractivity contribution is 5.75. The zero-order valence-corrected chi connectivity index (χ0v) is 48.0. The summed E-state index contributed by atoms with van der Waals surface area (Å²) in [7, 11) is 1.84. The molecule has 1 N–H and O–H groups in total. The van der Waals surface area contributed by atoms with Gasteiger partial charge >= 0.3 is 11.9 Å². The van der Waals surface area contributed by atoms with Gasteiger partial charge in [0.2, 0.25) is 5.91 Å². The number of ether oxygens (including phenoxy) is 2. The number of esters is 2. The van der Waals surface area contributed by atoms with Crippen LogP contribution in [0.3, 0.4) is 0 Å². The molecule has 0 aromatic heterocycles. The number of amides is 1. The van der Waals surface area contributed by atoms with Crippen LogP contribution in [0.25, 0.3) is 0 Å². The van der Waals surface area contributed by atoms with Crippen molar-refractivity contribution in [3.05, 3.63) is 0 Å². The second-order valence-corrected chi connectivity index (χ2v) is 22.0. The van der Waals surface area contributed by atoms with Crippen LogP contribution in [-0.4, -0.2) is 85.3 Å². The third kappa shape index (κ3) is 47.3. The molecule has 8 heteroatoms. The van der Waals surface area contributed by atoms with Gasteiger partial charge in [0.1, 0.15) is 0 Å². The number of carbonyl (C=O) groups is 3. The van der Waals surface area contributed by atoms with Crippen LogP contribution in [0.1, 0.15) is 317 Å². The lowest BCUT2D eigenvalue weighted by Crippen LogP contribution is -2.34. The molecule has 0 aromatic carbocycles. The number of hydrogen-bond acceptors (Lipinski definition) is 7. The fourth-order valence-corrected chi connectivity index (χ4v) is 10.1. The lowest BCUT2D eigenvalue weighted by Gasteiger charge is -2.23. The molecule has 8 nitrogen and oxygen atoms in total. The summed E-state index contributed by atoms with van der Waals surface area (Å²) in [6.45, 7) is 16.1. The molecule has 0 saturated carbocycles. The molecule has 70 heavy (non-hydrogen) atoms. The van der Waals surface area contributed by atoms with E-state index in [1.165, 1.54) is 180 Å². The number of carbonyl (C=O) groups excluding carboxylic acids is 3. The van der Waals surface area contributed by atoms with Gasteiger partial charge in [-0.2, -0.15) is 0 Å². The van der Waals surface area contributed by atoms with Crippen molar-refractivity contribution in [3.63, 3.8) is 0 Å². The minimum absolute atomic E-state index is 0.00778. The normalized spacial score (nSPS) is 12.9. The standard InChI is InChI=1S/C62H122N2O6/c1-7-12-17-22-26-34-45-57(43-32-19-14-9-3)55-69-61(67)49-37-28-24-30-40-51-64(53-42-39-48-60(66)63(6)54-59(65)47-36-21-16-11-5)52-41-31-25-29-38-50-62(68)70-56-58(44-33-20-15-10-4)46-35-27-23-18-13-8-2/h57-59,65H,7-56H2,1-6H3. The fraction of sp³-hybridized carbons (Fsp3) is 0.952. The first-order chi connectivity index (χ1) is 34.2. The maximum Gasteiger partial charge on any atom is 0.305 e. The largest absolute Gasteiger partial charge is 0.465 e. The van der Waals surface area contributed by atoms with Gasteiger partial charge in [-0.3, -0.25) is 14.4 Å². The van der Waals surface area contributed by atoms with Crippen LogP contribution in [-0.2, 0) is 23.9 Å². The zero-order valence-electron chi connectivity index (χ0n) is 48.0. The highest BCUT2D eigenvalue weighted by Gasteiger charge is 2.16. The summed E-state index contributed by atoms with van der Waals surface area (Å²) in [6, 6.07) is 0. The lowest BCUT2D eigenvalue weighted by molar-refractivity contribution is -0.146. The highest BCUT2D eigenvalue weighted by atomic mass is 16.5. The molecule has 1 amide bonds. The first kappa shape index (κ1) is 68.3. The average Bonchev–Trinajstić information content (AvgIpc) is 3.35. The van der Waals surface area contributed by atoms with E-state index in [9.17, 15) is 19.5 Å². The van der Waals surface area contributed by atoms with Crippen LogP contribution in [0, 0.1) is 11.8 Å². The van der Waals surface area contributed by atoms with Crippen molar-refractivity contribution in [2.75, 3.05) is 46.4 Å². The predicted molar refractivity (Wildman–Crippen MR) is 300 cm³/mol. The third-order valence-electron chi connectivity index (χ3n) is 15.0. The number of nitrogens with zero attached hydrogens (tertiary/aromatic N) is 2. The quantitative estimate of drug-likeness (QED) is 0.0479. The zero-order chi connectivity index (χ0) is 51.4. The van der Waals surface area contributed by atoms with E-state index in [0.717, 1.165) is 103 Å². The van der Waals surface area contributed by atoms with Gasteiger partial charge in [0.05, 0.1) is 19.3 Å². The van der Waals surface area contributed by atoms with E-state index in [1.807, 2.05) is 7.05 Å². The number of rotatable bonds is 56. The molecule has 3 unspecified atom stereocenters. The minimum Gasteiger partial charge on any atom is -0.465 e. The van der Waals surface area contributed by atoms with Gasteiger partial charge in [0.15, 0.2) is 0 Å². The average molecular weight is 992 g/mol. The first-order valence-corrected chi connectivity index (χ1v) is 31.2. The Morgan fingerprint density at radius 1 is 0.371 bits per heavy atom. The van der Waals surface area contributed by atoms with Crippen LogP contribution in [0.5, 0.6) is 0 Å². The molecule has 0 aliphatic carbocycles. The molecule has 0 rings (SSSR count). The summed E-state index contributed by atoms with van der Waals surface area (Å²) < 4.78 is 11.7. The first-order valence-electron chi connectivity index (χ1n) is 31.2. The Hall–Kier alpha value is -1.67. The van der Waals surface area contributed by atoms with Crippen molar-refractivity contribution in [1.29, 1.82) is 0 Å². The molecule has 0 fully saturated rings. The van der Waals surface area contributed by atoms with Crippen LogP contribution in [0.2, 0.25) is 0 Å². The maximum absolute atomic E-state index is 12.9. The summed E-state index contributed by atoms with van der Waals surface area (Å²) in [5.41, 5.74) is 0. The maximum atomic E-state index is 12.9. The smallest absolute Gasteiger partial charge is 0.305 e. The lowest BCUT2D eigenvalue weighted by atomic mass is 9.95. The number of hydrogen-bond donors (Lipinski definition) is 1. The van der Waals surface area contributed by atoms with Crippen molar-refractivity contribution < 1.29 is 29.0 Å². The molecular formula is C62H122N2O6. The molecule has 0 saturated heterocycles. The molecule has 0 bridgehead atoms. The van der Waals surface area contributed by atoms with Crippen LogP contribution in [0.15, 0.2) is 0 Å². The molecule has 0 aromatic rings. The second-order valence-electron chi connectivity index (χ2n) is 22.0. The van der Waals surface area contributed by atoms with Crippen molar-refractivity contribution in [2.24, 2.45) is 11.8 Å². The Kier molecular flexibility index (Phi) is 52.3. The molecule has 0 spiro atoms. The molecule has 3 atom stereocenters. The van der Waals surface area contributed by atoms with E-state index in [0.29, 0.717) is 50.9 Å². The molecule has 416 valence electrons. The summed E-state index contributed by atoms with van der Waals surface area (Å²) in [6.07, 6.45) is 50.0. The molecule has 0 aliphatic heterocycles. The summed E-state index contributed by atoms with van der Waals surface area (Å²) in [5.74, 6) is 1.16. The van der Waals surface area contributed by atoms with E-state index >= 15 is 0 Å². The SMILES string of the molecule is CCCCCCCCC(CCCCCC)COC(=O)CCCCCCCN(CCCCCCCC(=O)OCC(CCCCCC)CCCCCCCC)CCCCC(=O)N(C)CC(O)CCCCCC. The third-order valence-corrected chi connectivity index (χ3v) is 15.0. The Morgan fingerprint density at radius 2 is 0.657 bits per heavy atom. The topological polar surface area (TPSA) is 96.4 Å². The fourth-order valence-electron chi connectivity index (χ4n) is 10.1.